The van der Waals surface area contributed by atoms with E-state index in [1.165, 1.54) is 17.1 Å². The molecule has 2 N–H and O–H groups in total. The molecule has 0 aliphatic heterocycles. The molecular formula is C17H21N7O3. The van der Waals surface area contributed by atoms with Crippen LogP contribution in [-0.4, -0.2) is 46.3 Å². The smallest absolute Gasteiger partial charge is 0.338 e. The first-order valence-electron chi connectivity index (χ1n) is 8.35. The first kappa shape index (κ1) is 18.4. The molecule has 0 unspecified atom stereocenters. The van der Waals surface area contributed by atoms with Crippen molar-refractivity contribution in [2.24, 2.45) is 0 Å². The minimum atomic E-state index is -1.08. The lowest BCUT2D eigenvalue weighted by Crippen LogP contribution is -2.20. The summed E-state index contributed by atoms with van der Waals surface area (Å²) in [6, 6.07) is 1.99. The fraction of sp³-hybridized carbons (Fsp3) is 0.353. The molecule has 0 aliphatic rings. The summed E-state index contributed by atoms with van der Waals surface area (Å²) in [5, 5.41) is 24.5. The van der Waals surface area contributed by atoms with Gasteiger partial charge in [-0.15, -0.1) is 0 Å². The highest BCUT2D eigenvalue weighted by molar-refractivity contribution is 5.92. The van der Waals surface area contributed by atoms with Crippen LogP contribution in [0.1, 0.15) is 33.1 Å². The number of anilines is 1. The third-order valence-corrected chi connectivity index (χ3v) is 4.20. The lowest BCUT2D eigenvalue weighted by molar-refractivity contribution is -0.116. The maximum absolute atomic E-state index is 12.3. The molecule has 10 nitrogen and oxygen atoms in total. The van der Waals surface area contributed by atoms with Crippen molar-refractivity contribution in [1.29, 1.82) is 0 Å². The summed E-state index contributed by atoms with van der Waals surface area (Å²) >= 11 is 0. The van der Waals surface area contributed by atoms with Crippen LogP contribution in [0, 0.1) is 27.7 Å². The Morgan fingerprint density at radius 2 is 1.89 bits per heavy atom. The van der Waals surface area contributed by atoms with Crippen LogP contribution in [0.4, 0.5) is 5.69 Å². The molecule has 0 saturated heterocycles. The fourth-order valence-corrected chi connectivity index (χ4v) is 2.85. The SMILES string of the molecule is Cc1cc(C)n(Cn2nc(C)c(NC(=O)Cn3cc(C(=O)O)cn3)c2C)n1. The molecule has 3 rings (SSSR count). The fourth-order valence-electron chi connectivity index (χ4n) is 2.85. The highest BCUT2D eigenvalue weighted by Gasteiger charge is 2.16. The quantitative estimate of drug-likeness (QED) is 0.675. The molecular weight excluding hydrogens is 350 g/mol. The summed E-state index contributed by atoms with van der Waals surface area (Å²) in [7, 11) is 0. The van der Waals surface area contributed by atoms with Crippen LogP contribution in [0.3, 0.4) is 0 Å². The molecule has 0 spiro atoms. The van der Waals surface area contributed by atoms with Gasteiger partial charge in [-0.2, -0.15) is 15.3 Å². The number of carboxylic acids is 1. The van der Waals surface area contributed by atoms with E-state index in [-0.39, 0.29) is 18.0 Å². The number of amides is 1. The number of hydrogen-bond donors (Lipinski definition) is 2. The second-order valence-corrected chi connectivity index (χ2v) is 6.39. The number of carboxylic acid groups (broad SMARTS) is 1. The molecule has 0 atom stereocenters. The van der Waals surface area contributed by atoms with Gasteiger partial charge in [0.1, 0.15) is 13.2 Å². The zero-order valence-electron chi connectivity index (χ0n) is 15.6. The zero-order chi connectivity index (χ0) is 19.7. The number of carbonyl (C=O) groups excluding carboxylic acids is 1. The van der Waals surface area contributed by atoms with Crippen molar-refractivity contribution in [3.8, 4) is 0 Å². The molecule has 0 aromatic carbocycles. The van der Waals surface area contributed by atoms with Gasteiger partial charge < -0.3 is 10.4 Å². The number of aryl methyl sites for hydroxylation is 3. The lowest BCUT2D eigenvalue weighted by Gasteiger charge is -2.08. The van der Waals surface area contributed by atoms with Crippen LogP contribution in [0.15, 0.2) is 18.5 Å². The monoisotopic (exact) mass is 371 g/mol. The van der Waals surface area contributed by atoms with Crippen molar-refractivity contribution in [1.82, 2.24) is 29.3 Å². The topological polar surface area (TPSA) is 120 Å². The maximum Gasteiger partial charge on any atom is 0.338 e. The summed E-state index contributed by atoms with van der Waals surface area (Å²) < 4.78 is 4.90. The molecule has 10 heteroatoms. The van der Waals surface area contributed by atoms with Crippen LogP contribution in [-0.2, 0) is 18.0 Å². The molecule has 0 saturated carbocycles. The van der Waals surface area contributed by atoms with E-state index in [0.29, 0.717) is 18.1 Å². The van der Waals surface area contributed by atoms with Gasteiger partial charge in [-0.05, 0) is 33.8 Å². The van der Waals surface area contributed by atoms with Gasteiger partial charge in [-0.3, -0.25) is 9.48 Å². The van der Waals surface area contributed by atoms with Crippen LogP contribution < -0.4 is 5.32 Å². The molecule has 0 fully saturated rings. The van der Waals surface area contributed by atoms with Crippen molar-refractivity contribution in [3.05, 3.63) is 46.8 Å². The van der Waals surface area contributed by atoms with E-state index in [0.717, 1.165) is 17.1 Å². The zero-order valence-corrected chi connectivity index (χ0v) is 15.6. The molecule has 0 aliphatic carbocycles. The molecule has 1 amide bonds. The second-order valence-electron chi connectivity index (χ2n) is 6.39. The minimum absolute atomic E-state index is 0.0351. The average molecular weight is 371 g/mol. The lowest BCUT2D eigenvalue weighted by atomic mass is 10.3. The van der Waals surface area contributed by atoms with Crippen LogP contribution in [0.5, 0.6) is 0 Å². The Balaban J connectivity index is 1.73. The largest absolute Gasteiger partial charge is 0.478 e. The van der Waals surface area contributed by atoms with E-state index in [1.54, 1.807) is 4.68 Å². The number of carbonyl (C=O) groups is 2. The van der Waals surface area contributed by atoms with Gasteiger partial charge in [0.05, 0.1) is 34.5 Å². The van der Waals surface area contributed by atoms with E-state index < -0.39 is 5.97 Å². The van der Waals surface area contributed by atoms with E-state index in [1.807, 2.05) is 38.4 Å². The number of nitrogens with one attached hydrogen (secondary N) is 1. The highest BCUT2D eigenvalue weighted by atomic mass is 16.4. The molecule has 3 aromatic heterocycles. The van der Waals surface area contributed by atoms with Crippen LogP contribution in [0.25, 0.3) is 0 Å². The molecule has 3 aromatic rings. The second kappa shape index (κ2) is 7.06. The Labute approximate surface area is 155 Å². The van der Waals surface area contributed by atoms with E-state index in [4.69, 9.17) is 5.11 Å². The Morgan fingerprint density at radius 3 is 2.48 bits per heavy atom. The molecule has 0 radical (unpaired) electrons. The third kappa shape index (κ3) is 3.89. The van der Waals surface area contributed by atoms with Crippen LogP contribution in [0.2, 0.25) is 0 Å². The van der Waals surface area contributed by atoms with Gasteiger partial charge >= 0.3 is 5.97 Å². The molecule has 0 bridgehead atoms. The van der Waals surface area contributed by atoms with Crippen molar-refractivity contribution >= 4 is 17.6 Å². The predicted octanol–water partition coefficient (Wildman–Crippen LogP) is 1.35. The van der Waals surface area contributed by atoms with Crippen molar-refractivity contribution in [2.45, 2.75) is 40.9 Å². The van der Waals surface area contributed by atoms with E-state index >= 15 is 0 Å². The summed E-state index contributed by atoms with van der Waals surface area (Å²) in [5.74, 6) is -1.40. The Kier molecular flexibility index (Phi) is 4.80. The average Bonchev–Trinajstić information content (AvgIpc) is 3.23. The summed E-state index contributed by atoms with van der Waals surface area (Å²) in [5.41, 5.74) is 4.12. The van der Waals surface area contributed by atoms with Gasteiger partial charge in [0.15, 0.2) is 0 Å². The summed E-state index contributed by atoms with van der Waals surface area (Å²) in [6.45, 7) is 7.96. The molecule has 27 heavy (non-hydrogen) atoms. The minimum Gasteiger partial charge on any atom is -0.478 e. The van der Waals surface area contributed by atoms with Crippen molar-refractivity contribution in [2.75, 3.05) is 5.32 Å². The normalized spacial score (nSPS) is 11.0. The number of rotatable bonds is 6. The highest BCUT2D eigenvalue weighted by Crippen LogP contribution is 2.20. The van der Waals surface area contributed by atoms with Gasteiger partial charge in [-0.25, -0.2) is 14.2 Å². The van der Waals surface area contributed by atoms with Gasteiger partial charge in [0, 0.05) is 11.9 Å². The van der Waals surface area contributed by atoms with Gasteiger partial charge in [0.25, 0.3) is 0 Å². The Bertz CT molecular complexity index is 1010. The molecule has 3 heterocycles. The Morgan fingerprint density at radius 1 is 1.15 bits per heavy atom. The third-order valence-electron chi connectivity index (χ3n) is 4.20. The molecule has 142 valence electrons. The number of nitrogens with zero attached hydrogens (tertiary/aromatic N) is 6. The first-order valence-corrected chi connectivity index (χ1v) is 8.35. The van der Waals surface area contributed by atoms with Crippen molar-refractivity contribution < 1.29 is 14.7 Å². The van der Waals surface area contributed by atoms with Gasteiger partial charge in [0.2, 0.25) is 5.91 Å². The Hall–Kier alpha value is -3.43. The number of hydrogen-bond acceptors (Lipinski definition) is 5. The standard InChI is InChI=1S/C17H21N7O3/c1-10-5-11(2)23(20-10)9-24-13(4)16(12(3)21-24)19-15(25)8-22-7-14(6-18-22)17(26)27/h5-7H,8-9H2,1-4H3,(H,19,25)(H,26,27). The number of aromatic nitrogens is 6. The first-order chi connectivity index (χ1) is 12.7. The summed E-state index contributed by atoms with van der Waals surface area (Å²) in [4.78, 5) is 23.2. The predicted molar refractivity (Wildman–Crippen MR) is 96.6 cm³/mol. The van der Waals surface area contributed by atoms with E-state index in [9.17, 15) is 9.59 Å². The maximum atomic E-state index is 12.3. The van der Waals surface area contributed by atoms with Crippen molar-refractivity contribution in [3.63, 3.8) is 0 Å². The van der Waals surface area contributed by atoms with Crippen LogP contribution >= 0.6 is 0 Å². The number of aromatic carboxylic acids is 1. The summed E-state index contributed by atoms with van der Waals surface area (Å²) in [6.07, 6.45) is 2.52. The van der Waals surface area contributed by atoms with E-state index in [2.05, 4.69) is 20.6 Å². The van der Waals surface area contributed by atoms with Gasteiger partial charge in [-0.1, -0.05) is 0 Å².